The fourth-order valence-corrected chi connectivity index (χ4v) is 5.93. The summed E-state index contributed by atoms with van der Waals surface area (Å²) in [5, 5.41) is 18.5. The number of aromatic amines is 2. The summed E-state index contributed by atoms with van der Waals surface area (Å²) in [7, 11) is -1.86. The Morgan fingerprint density at radius 2 is 1.88 bits per heavy atom. The number of carbonyl (C=O) groups is 1. The number of ether oxygens (including phenoxy) is 1. The van der Waals surface area contributed by atoms with Crippen LogP contribution in [0, 0.1) is 0 Å². The Hall–Kier alpha value is -2.39. The highest BCUT2D eigenvalue weighted by Gasteiger charge is 2.37. The van der Waals surface area contributed by atoms with Crippen molar-refractivity contribution in [3.63, 3.8) is 0 Å². The lowest BCUT2D eigenvalue weighted by Crippen LogP contribution is -2.41. The number of H-pyrrole nitrogens is 2. The number of aliphatic hydroxyl groups excluding tert-OH is 1. The Balaban J connectivity index is 0.00000588. The van der Waals surface area contributed by atoms with Gasteiger partial charge in [0.05, 0.1) is 22.8 Å². The molecule has 7 nitrogen and oxygen atoms in total. The van der Waals surface area contributed by atoms with E-state index in [1.54, 1.807) is 0 Å². The molecule has 2 heterocycles. The number of nitrogens with zero attached hydrogens (tertiary/aromatic N) is 1. The second kappa shape index (κ2) is 15.2. The number of esters is 1. The lowest BCUT2D eigenvalue weighted by atomic mass is 9.97. The number of carbonyl (C=O) groups excluding carboxylic acids is 1. The lowest BCUT2D eigenvalue weighted by molar-refractivity contribution is 0.0519. The number of hydrogen-bond acceptors (Lipinski definition) is 5. The van der Waals surface area contributed by atoms with E-state index >= 15 is 0 Å². The maximum absolute atomic E-state index is 13.1. The van der Waals surface area contributed by atoms with Gasteiger partial charge in [-0.2, -0.15) is 5.10 Å². The lowest BCUT2D eigenvalue weighted by Gasteiger charge is -2.36. The third-order valence-electron chi connectivity index (χ3n) is 7.88. The molecule has 0 bridgehead atoms. The number of aryl methyl sites for hydroxylation is 2. The first-order valence-corrected chi connectivity index (χ1v) is 17.7. The van der Waals surface area contributed by atoms with Crippen LogP contribution in [0.3, 0.4) is 0 Å². The van der Waals surface area contributed by atoms with Crippen molar-refractivity contribution in [2.45, 2.75) is 98.7 Å². The summed E-state index contributed by atoms with van der Waals surface area (Å²) in [6, 6.07) is 3.89. The summed E-state index contributed by atoms with van der Waals surface area (Å²) >= 11 is 6.88. The summed E-state index contributed by atoms with van der Waals surface area (Å²) < 4.78 is 11.9. The van der Waals surface area contributed by atoms with Crippen LogP contribution < -0.4 is 0 Å². The largest absolute Gasteiger partial charge is 0.461 e. The molecule has 0 unspecified atom stereocenters. The van der Waals surface area contributed by atoms with E-state index in [0.717, 1.165) is 71.1 Å². The van der Waals surface area contributed by atoms with E-state index in [2.05, 4.69) is 62.0 Å². The third kappa shape index (κ3) is 8.12. The molecule has 0 atom stereocenters. The van der Waals surface area contributed by atoms with Crippen LogP contribution in [0.4, 0.5) is 0 Å². The number of rotatable bonds is 14. The minimum Gasteiger partial charge on any atom is -0.461 e. The first-order valence-electron chi connectivity index (χ1n) is 14.5. The molecule has 1 aromatic carbocycles. The fourth-order valence-electron chi connectivity index (χ4n) is 4.59. The maximum atomic E-state index is 13.1. The molecule has 228 valence electrons. The number of fused-ring (bicyclic) bond motifs is 1. The molecule has 41 heavy (non-hydrogen) atoms. The van der Waals surface area contributed by atoms with Crippen molar-refractivity contribution >= 4 is 42.9 Å². The number of aromatic nitrogens is 3. The zero-order valence-corrected chi connectivity index (χ0v) is 26.9. The molecule has 0 aliphatic rings. The average Bonchev–Trinajstić information content (AvgIpc) is 3.47. The molecular weight excluding hydrogens is 554 g/mol. The van der Waals surface area contributed by atoms with Gasteiger partial charge < -0.3 is 19.3 Å². The molecule has 0 fully saturated rings. The van der Waals surface area contributed by atoms with Crippen LogP contribution >= 0.6 is 11.6 Å². The topological polar surface area (TPSA) is 100 Å². The van der Waals surface area contributed by atoms with Gasteiger partial charge in [-0.25, -0.2) is 4.79 Å². The Morgan fingerprint density at radius 3 is 2.51 bits per heavy atom. The molecule has 0 amide bonds. The van der Waals surface area contributed by atoms with Crippen molar-refractivity contribution in [3.05, 3.63) is 45.9 Å². The smallest absolute Gasteiger partial charge is 0.355 e. The van der Waals surface area contributed by atoms with Gasteiger partial charge in [0, 0.05) is 35.4 Å². The summed E-state index contributed by atoms with van der Waals surface area (Å²) in [6.07, 6.45) is 8.82. The van der Waals surface area contributed by atoms with Crippen LogP contribution in [0.2, 0.25) is 23.2 Å². The Morgan fingerprint density at radius 1 is 1.15 bits per heavy atom. The highest BCUT2D eigenvalue weighted by molar-refractivity contribution is 6.74. The molecule has 3 rings (SSSR count). The molecule has 0 aliphatic carbocycles. The van der Waals surface area contributed by atoms with Gasteiger partial charge in [0.25, 0.3) is 0 Å². The molecule has 0 aliphatic heterocycles. The van der Waals surface area contributed by atoms with Crippen LogP contribution in [-0.2, 0) is 22.0 Å². The molecule has 0 saturated carbocycles. The van der Waals surface area contributed by atoms with Crippen molar-refractivity contribution in [1.82, 2.24) is 15.2 Å². The number of unbranched alkanes of at least 4 members (excludes halogenated alkanes) is 2. The van der Waals surface area contributed by atoms with Crippen LogP contribution in [0.1, 0.15) is 95.2 Å². The number of nitrogens with one attached hydrogen (secondary N) is 2. The fraction of sp³-hybridized carbons (Fsp3) is 0.562. The third-order valence-corrected chi connectivity index (χ3v) is 12.7. The molecule has 3 aromatic rings. The Labute approximate surface area is 252 Å². The van der Waals surface area contributed by atoms with Crippen molar-refractivity contribution in [1.29, 1.82) is 0 Å². The number of halogens is 1. The summed E-state index contributed by atoms with van der Waals surface area (Å²) in [5.74, 6) is -0.368. The molecule has 0 spiro atoms. The van der Waals surface area contributed by atoms with Crippen LogP contribution in [0.5, 0.6) is 0 Å². The molecule has 2 aromatic heterocycles. The van der Waals surface area contributed by atoms with Gasteiger partial charge in [-0.1, -0.05) is 58.9 Å². The van der Waals surface area contributed by atoms with Gasteiger partial charge in [0.15, 0.2) is 8.32 Å². The molecule has 3 N–H and O–H groups in total. The maximum Gasteiger partial charge on any atom is 0.355 e. The van der Waals surface area contributed by atoms with Gasteiger partial charge >= 0.3 is 5.97 Å². The van der Waals surface area contributed by atoms with Crippen molar-refractivity contribution in [3.8, 4) is 11.1 Å². The van der Waals surface area contributed by atoms with Gasteiger partial charge in [0.1, 0.15) is 5.69 Å². The summed E-state index contributed by atoms with van der Waals surface area (Å²) in [6.45, 7) is 16.2. The van der Waals surface area contributed by atoms with E-state index in [0.29, 0.717) is 30.4 Å². The summed E-state index contributed by atoms with van der Waals surface area (Å²) in [5.41, 5.74) is 5.73. The van der Waals surface area contributed by atoms with Crippen molar-refractivity contribution < 1.29 is 19.1 Å². The van der Waals surface area contributed by atoms with E-state index in [1.165, 1.54) is 0 Å². The van der Waals surface area contributed by atoms with Crippen LogP contribution in [-0.4, -0.2) is 54.4 Å². The first kappa shape index (κ1) is 34.8. The Kier molecular flexibility index (Phi) is 12.9. The number of allylic oxidation sites excluding steroid dienone is 1. The van der Waals surface area contributed by atoms with E-state index in [-0.39, 0.29) is 25.0 Å². The average molecular weight is 604 g/mol. The van der Waals surface area contributed by atoms with E-state index < -0.39 is 8.32 Å². The zero-order valence-electron chi connectivity index (χ0n) is 25.2. The molecular formula is C32H50ClN3O4Si. The number of hydrogen-bond donors (Lipinski definition) is 3. The Bertz CT molecular complexity index is 1320. The SMILES string of the molecule is C.CCOC(=O)c1[nH]c2c(-c3c(/C=C/CCCCO)n[nH]c3CC)c(Cl)ccc2c1CCCO[Si](C)(C)C(C)(C)C. The first-order chi connectivity index (χ1) is 19.0. The van der Waals surface area contributed by atoms with E-state index in [9.17, 15) is 4.79 Å². The molecule has 0 saturated heterocycles. The van der Waals surface area contributed by atoms with Gasteiger partial charge in [-0.3, -0.25) is 5.10 Å². The standard InChI is InChI=1S/C31H46ClN3O4Si.CH4/c1-8-24-27(25(35-34-24)16-12-10-11-13-19-36)26-23(32)18-17-22-21(29(33-28(22)26)30(37)38-9-2)15-14-20-39-40(6,7)31(3,4)5;/h12,16-18,33,36H,8-11,13-15,19-20H2,1-7H3,(H,34,35);1H4/b16-12+;. The number of benzene rings is 1. The van der Waals surface area contributed by atoms with Gasteiger partial charge in [-0.05, 0) is 81.3 Å². The second-order valence-corrected chi connectivity index (χ2v) is 16.9. The van der Waals surface area contributed by atoms with Gasteiger partial charge in [-0.15, -0.1) is 0 Å². The normalized spacial score (nSPS) is 12.3. The van der Waals surface area contributed by atoms with Crippen molar-refractivity contribution in [2.75, 3.05) is 19.8 Å². The monoisotopic (exact) mass is 603 g/mol. The minimum absolute atomic E-state index is 0. The highest BCUT2D eigenvalue weighted by atomic mass is 35.5. The molecule has 9 heteroatoms. The van der Waals surface area contributed by atoms with Gasteiger partial charge in [0.2, 0.25) is 0 Å². The number of aliphatic hydroxyl groups is 1. The molecule has 0 radical (unpaired) electrons. The highest BCUT2D eigenvalue weighted by Crippen LogP contribution is 2.41. The quantitative estimate of drug-likeness (QED) is 0.0971. The predicted octanol–water partition coefficient (Wildman–Crippen LogP) is 8.72. The summed E-state index contributed by atoms with van der Waals surface area (Å²) in [4.78, 5) is 16.5. The van der Waals surface area contributed by atoms with Crippen molar-refractivity contribution in [2.24, 2.45) is 0 Å². The second-order valence-electron chi connectivity index (χ2n) is 11.7. The van der Waals surface area contributed by atoms with Crippen LogP contribution in [0.25, 0.3) is 28.1 Å². The predicted molar refractivity (Wildman–Crippen MR) is 174 cm³/mol. The van der Waals surface area contributed by atoms with E-state index in [4.69, 9.17) is 25.9 Å². The van der Waals surface area contributed by atoms with E-state index in [1.807, 2.05) is 25.1 Å². The van der Waals surface area contributed by atoms with Crippen LogP contribution in [0.15, 0.2) is 18.2 Å². The zero-order chi connectivity index (χ0) is 29.5. The minimum atomic E-state index is -1.86.